The monoisotopic (exact) mass is 177 g/mol. The fraction of sp³-hybridized carbons (Fsp3) is 0.667. The minimum atomic E-state index is -0.989. The summed E-state index contributed by atoms with van der Waals surface area (Å²) in [6.07, 6.45) is 1.20. The summed E-state index contributed by atoms with van der Waals surface area (Å²) < 4.78 is 0. The van der Waals surface area contributed by atoms with Gasteiger partial charge in [-0.1, -0.05) is 0 Å². The molecule has 0 aliphatic heterocycles. The van der Waals surface area contributed by atoms with E-state index in [0.717, 1.165) is 6.29 Å². The Labute approximate surface area is 69.1 Å². The van der Waals surface area contributed by atoms with Crippen molar-refractivity contribution in [2.45, 2.75) is 12.5 Å². The van der Waals surface area contributed by atoms with Crippen LogP contribution in [0.25, 0.3) is 0 Å². The van der Waals surface area contributed by atoms with E-state index in [0.29, 0.717) is 17.9 Å². The molecule has 0 aromatic heterocycles. The van der Waals surface area contributed by atoms with E-state index in [2.05, 4.69) is 0 Å². The molecule has 5 heteroatoms. The summed E-state index contributed by atoms with van der Waals surface area (Å²) in [6, 6.07) is -0.797. The number of carbonyl (C=O) groups is 2. The number of carboxylic acids is 1. The van der Waals surface area contributed by atoms with E-state index in [1.807, 2.05) is 0 Å². The third-order valence-corrected chi connectivity index (χ3v) is 1.97. The van der Waals surface area contributed by atoms with Crippen LogP contribution in [0, 0.1) is 0 Å². The van der Waals surface area contributed by atoms with Gasteiger partial charge in [-0.3, -0.25) is 4.79 Å². The molecule has 0 saturated carbocycles. The highest BCUT2D eigenvalue weighted by molar-refractivity contribution is 7.99. The number of carbonyl (C=O) groups excluding carboxylic acids is 1. The molecule has 0 heterocycles. The van der Waals surface area contributed by atoms with E-state index in [1.54, 1.807) is 0 Å². The number of aliphatic carboxylic acids is 1. The number of aldehydes is 1. The van der Waals surface area contributed by atoms with Crippen LogP contribution in [0.4, 0.5) is 0 Å². The minimum absolute atomic E-state index is 0.409. The highest BCUT2D eigenvalue weighted by Crippen LogP contribution is 2.01. The van der Waals surface area contributed by atoms with Gasteiger partial charge in [-0.15, -0.1) is 0 Å². The predicted octanol–water partition coefficient (Wildman–Crippen LogP) is -0.280. The SMILES string of the molecule is N[C@@H](CCSCC=O)C(=O)O. The molecule has 0 aliphatic rings. The molecule has 0 amide bonds. The van der Waals surface area contributed by atoms with Crippen molar-refractivity contribution in [3.05, 3.63) is 0 Å². The quantitative estimate of drug-likeness (QED) is 0.431. The van der Waals surface area contributed by atoms with Crippen molar-refractivity contribution in [1.82, 2.24) is 0 Å². The molecule has 64 valence electrons. The molecular formula is C6H11NO3S. The number of hydrogen-bond acceptors (Lipinski definition) is 4. The lowest BCUT2D eigenvalue weighted by molar-refractivity contribution is -0.138. The van der Waals surface area contributed by atoms with Gasteiger partial charge in [-0.2, -0.15) is 11.8 Å². The first-order valence-corrected chi connectivity index (χ1v) is 4.33. The van der Waals surface area contributed by atoms with Crippen molar-refractivity contribution >= 4 is 24.0 Å². The molecule has 0 aromatic rings. The van der Waals surface area contributed by atoms with Gasteiger partial charge in [-0.25, -0.2) is 0 Å². The number of rotatable bonds is 6. The van der Waals surface area contributed by atoms with Crippen LogP contribution in [0.5, 0.6) is 0 Å². The van der Waals surface area contributed by atoms with Gasteiger partial charge in [-0.05, 0) is 12.2 Å². The zero-order valence-corrected chi connectivity index (χ0v) is 6.84. The van der Waals surface area contributed by atoms with Crippen molar-refractivity contribution < 1.29 is 14.7 Å². The highest BCUT2D eigenvalue weighted by atomic mass is 32.2. The summed E-state index contributed by atoms with van der Waals surface area (Å²) in [5.41, 5.74) is 5.20. The zero-order chi connectivity index (χ0) is 8.69. The molecule has 0 aromatic carbocycles. The second kappa shape index (κ2) is 6.18. The second-order valence-corrected chi connectivity index (χ2v) is 3.12. The fourth-order valence-corrected chi connectivity index (χ4v) is 1.15. The van der Waals surface area contributed by atoms with Gasteiger partial charge in [0, 0.05) is 5.75 Å². The van der Waals surface area contributed by atoms with E-state index in [9.17, 15) is 9.59 Å². The molecule has 0 aliphatic carbocycles. The van der Waals surface area contributed by atoms with Crippen LogP contribution in [0.1, 0.15) is 6.42 Å². The van der Waals surface area contributed by atoms with E-state index in [4.69, 9.17) is 10.8 Å². The van der Waals surface area contributed by atoms with E-state index in [1.165, 1.54) is 11.8 Å². The number of nitrogens with two attached hydrogens (primary N) is 1. The molecule has 3 N–H and O–H groups in total. The van der Waals surface area contributed by atoms with Crippen LogP contribution in [0.2, 0.25) is 0 Å². The van der Waals surface area contributed by atoms with Crippen molar-refractivity contribution in [3.8, 4) is 0 Å². The van der Waals surface area contributed by atoms with Gasteiger partial charge in [0.25, 0.3) is 0 Å². The lowest BCUT2D eigenvalue weighted by Crippen LogP contribution is -2.30. The lowest BCUT2D eigenvalue weighted by atomic mass is 10.2. The third-order valence-electron chi connectivity index (χ3n) is 1.08. The minimum Gasteiger partial charge on any atom is -0.480 e. The topological polar surface area (TPSA) is 80.4 Å². The Kier molecular flexibility index (Phi) is 5.87. The van der Waals surface area contributed by atoms with Crippen LogP contribution < -0.4 is 5.73 Å². The fourth-order valence-electron chi connectivity index (χ4n) is 0.465. The van der Waals surface area contributed by atoms with Gasteiger partial charge in [0.2, 0.25) is 0 Å². The van der Waals surface area contributed by atoms with Crippen molar-refractivity contribution in [3.63, 3.8) is 0 Å². The largest absolute Gasteiger partial charge is 0.480 e. The van der Waals surface area contributed by atoms with Crippen LogP contribution in [-0.2, 0) is 9.59 Å². The third kappa shape index (κ3) is 5.87. The van der Waals surface area contributed by atoms with E-state index >= 15 is 0 Å². The molecular weight excluding hydrogens is 166 g/mol. The van der Waals surface area contributed by atoms with Crippen LogP contribution in [-0.4, -0.2) is 34.9 Å². The molecule has 0 bridgehead atoms. The zero-order valence-electron chi connectivity index (χ0n) is 6.03. The summed E-state index contributed by atoms with van der Waals surface area (Å²) in [4.78, 5) is 20.0. The average molecular weight is 177 g/mol. The maximum absolute atomic E-state index is 10.2. The Bertz CT molecular complexity index is 140. The molecule has 4 nitrogen and oxygen atoms in total. The molecule has 0 fully saturated rings. The molecule has 0 saturated heterocycles. The first-order valence-electron chi connectivity index (χ1n) is 3.18. The lowest BCUT2D eigenvalue weighted by Gasteiger charge is -2.03. The van der Waals surface area contributed by atoms with Gasteiger partial charge in [0.15, 0.2) is 0 Å². The molecule has 11 heavy (non-hydrogen) atoms. The van der Waals surface area contributed by atoms with E-state index in [-0.39, 0.29) is 0 Å². The highest BCUT2D eigenvalue weighted by Gasteiger charge is 2.09. The first-order chi connectivity index (χ1) is 5.18. The second-order valence-electron chi connectivity index (χ2n) is 1.97. The van der Waals surface area contributed by atoms with Gasteiger partial charge < -0.3 is 15.6 Å². The Morgan fingerprint density at radius 1 is 1.73 bits per heavy atom. The Morgan fingerprint density at radius 3 is 2.82 bits per heavy atom. The van der Waals surface area contributed by atoms with Crippen LogP contribution in [0.15, 0.2) is 0 Å². The Balaban J connectivity index is 3.24. The van der Waals surface area contributed by atoms with Gasteiger partial charge in [0.05, 0.1) is 0 Å². The average Bonchev–Trinajstić information content (AvgIpc) is 1.97. The van der Waals surface area contributed by atoms with E-state index < -0.39 is 12.0 Å². The smallest absolute Gasteiger partial charge is 0.320 e. The van der Waals surface area contributed by atoms with Crippen molar-refractivity contribution in [1.29, 1.82) is 0 Å². The predicted molar refractivity (Wildman–Crippen MR) is 43.6 cm³/mol. The molecule has 0 unspecified atom stereocenters. The normalized spacial score (nSPS) is 12.5. The molecule has 1 atom stereocenters. The van der Waals surface area contributed by atoms with Crippen LogP contribution >= 0.6 is 11.8 Å². The summed E-state index contributed by atoms with van der Waals surface area (Å²) in [6.45, 7) is 0. The number of carboxylic acid groups (broad SMARTS) is 1. The maximum atomic E-state index is 10.2. The van der Waals surface area contributed by atoms with Crippen molar-refractivity contribution in [2.24, 2.45) is 5.73 Å². The number of hydrogen-bond donors (Lipinski definition) is 2. The molecule has 0 radical (unpaired) electrons. The summed E-state index contributed by atoms with van der Waals surface area (Å²) >= 11 is 1.39. The maximum Gasteiger partial charge on any atom is 0.320 e. The van der Waals surface area contributed by atoms with Gasteiger partial charge in [0.1, 0.15) is 12.3 Å². The standard InChI is InChI=1S/C6H11NO3S/c7-5(6(9)10)1-3-11-4-2-8/h2,5H,1,3-4,7H2,(H,9,10)/t5-/m0/s1. The molecule has 0 rings (SSSR count). The Hall–Kier alpha value is -0.550. The van der Waals surface area contributed by atoms with Crippen LogP contribution in [0.3, 0.4) is 0 Å². The first kappa shape index (κ1) is 10.4. The summed E-state index contributed by atoms with van der Waals surface area (Å²) in [7, 11) is 0. The summed E-state index contributed by atoms with van der Waals surface area (Å²) in [5.74, 6) is 0.0372. The van der Waals surface area contributed by atoms with Gasteiger partial charge >= 0.3 is 5.97 Å². The Morgan fingerprint density at radius 2 is 2.36 bits per heavy atom. The number of thioether (sulfide) groups is 1. The van der Waals surface area contributed by atoms with Crippen molar-refractivity contribution in [2.75, 3.05) is 11.5 Å². The molecule has 0 spiro atoms. The summed E-state index contributed by atoms with van der Waals surface area (Å²) in [5, 5.41) is 8.33.